The Morgan fingerprint density at radius 2 is 1.62 bits per heavy atom. The second-order valence-corrected chi connectivity index (χ2v) is 15.2. The molecule has 0 aliphatic heterocycles. The number of aliphatic hydroxyl groups excluding tert-OH is 1. The van der Waals surface area contributed by atoms with Crippen LogP contribution in [0.25, 0.3) is 0 Å². The first-order valence-electron chi connectivity index (χ1n) is 13.9. The number of nitrogens with two attached hydrogens (primary N) is 1. The van der Waals surface area contributed by atoms with Crippen molar-refractivity contribution in [1.29, 1.82) is 0 Å². The Morgan fingerprint density at radius 1 is 0.941 bits per heavy atom. The topological polar surface area (TPSA) is 83.5 Å². The van der Waals surface area contributed by atoms with Gasteiger partial charge in [-0.15, -0.1) is 0 Å². The lowest BCUT2D eigenvalue weighted by molar-refractivity contribution is -0.209. The molecule has 4 heteroatoms. The van der Waals surface area contributed by atoms with Gasteiger partial charge in [0, 0.05) is 6.04 Å². The van der Waals surface area contributed by atoms with Crippen LogP contribution in [0, 0.1) is 50.2 Å². The first kappa shape index (κ1) is 24.8. The summed E-state index contributed by atoms with van der Waals surface area (Å²) in [5, 5.41) is 22.2. The number of aliphatic carboxylic acids is 1. The molecule has 4 N–H and O–H groups in total. The van der Waals surface area contributed by atoms with Gasteiger partial charge in [0.2, 0.25) is 0 Å². The summed E-state index contributed by atoms with van der Waals surface area (Å²) in [7, 11) is 0. The van der Waals surface area contributed by atoms with Gasteiger partial charge in [0.15, 0.2) is 0 Å². The smallest absolute Gasteiger partial charge is 0.312 e. The standard InChI is InChI=1S/C30H49NO3/c1-25(2)14-15-30(24(33)34)19(16-25)18-8-9-21-27(5)12-11-22(31)26(3,4)20(27)10-13-28(21,6)29(18,7)17-23(30)32/h8,19-23,32H,9-17,31H2,1-7H3,(H,33,34)/t19?,20?,21?,22-,23+,27-,28+,29+,30+/m0/s1. The fourth-order valence-corrected chi connectivity index (χ4v) is 10.8. The number of carboxylic acids is 1. The van der Waals surface area contributed by atoms with E-state index >= 15 is 0 Å². The monoisotopic (exact) mass is 471 g/mol. The number of carbonyl (C=O) groups is 1. The minimum absolute atomic E-state index is 0.0626. The van der Waals surface area contributed by atoms with Crippen LogP contribution in [0.3, 0.4) is 0 Å². The molecule has 0 bridgehead atoms. The van der Waals surface area contributed by atoms with Gasteiger partial charge in [-0.25, -0.2) is 0 Å². The Kier molecular flexibility index (Phi) is 5.20. The minimum Gasteiger partial charge on any atom is -0.481 e. The zero-order chi connectivity index (χ0) is 25.1. The van der Waals surface area contributed by atoms with Gasteiger partial charge in [-0.1, -0.05) is 60.1 Å². The molecule has 0 aromatic carbocycles. The largest absolute Gasteiger partial charge is 0.481 e. The van der Waals surface area contributed by atoms with Gasteiger partial charge < -0.3 is 15.9 Å². The molecule has 0 radical (unpaired) electrons. The van der Waals surface area contributed by atoms with Crippen molar-refractivity contribution in [3.05, 3.63) is 11.6 Å². The van der Waals surface area contributed by atoms with Crippen LogP contribution in [-0.4, -0.2) is 28.3 Å². The highest BCUT2D eigenvalue weighted by molar-refractivity contribution is 5.77. The molecular weight excluding hydrogens is 422 g/mol. The Balaban J connectivity index is 1.63. The van der Waals surface area contributed by atoms with Crippen LogP contribution < -0.4 is 5.73 Å². The Hall–Kier alpha value is -0.870. The summed E-state index contributed by atoms with van der Waals surface area (Å²) in [5.74, 6) is 0.303. The molecule has 5 rings (SSSR count). The summed E-state index contributed by atoms with van der Waals surface area (Å²) in [6, 6.07) is 0.261. The molecule has 9 atom stereocenters. The maximum Gasteiger partial charge on any atom is 0.312 e. The van der Waals surface area contributed by atoms with E-state index in [9.17, 15) is 15.0 Å². The molecule has 34 heavy (non-hydrogen) atoms. The van der Waals surface area contributed by atoms with E-state index < -0.39 is 17.5 Å². The Morgan fingerprint density at radius 3 is 2.26 bits per heavy atom. The van der Waals surface area contributed by atoms with Crippen LogP contribution in [-0.2, 0) is 4.79 Å². The third-order valence-corrected chi connectivity index (χ3v) is 13.2. The predicted octanol–water partition coefficient (Wildman–Crippen LogP) is 6.17. The maximum absolute atomic E-state index is 12.8. The van der Waals surface area contributed by atoms with E-state index in [1.54, 1.807) is 0 Å². The third kappa shape index (κ3) is 2.82. The SMILES string of the molecule is CC1(C)CC[C@@]2(C(=O)O)C(C1)C1=CCC3[C@@]4(C)CC[C@H](N)C(C)(C)C4CC[C@@]3(C)[C@]1(C)C[C@H]2O. The minimum atomic E-state index is -1.02. The van der Waals surface area contributed by atoms with E-state index in [2.05, 4.69) is 54.5 Å². The number of carboxylic acid groups (broad SMARTS) is 1. The summed E-state index contributed by atoms with van der Waals surface area (Å²) in [5.41, 5.74) is 7.40. The van der Waals surface area contributed by atoms with Gasteiger partial charge in [-0.2, -0.15) is 0 Å². The molecule has 0 aromatic heterocycles. The van der Waals surface area contributed by atoms with Gasteiger partial charge in [0.1, 0.15) is 5.41 Å². The van der Waals surface area contributed by atoms with Crippen LogP contribution in [0.1, 0.15) is 106 Å². The molecule has 3 unspecified atom stereocenters. The highest BCUT2D eigenvalue weighted by Crippen LogP contribution is 2.75. The fraction of sp³-hybridized carbons (Fsp3) is 0.900. The van der Waals surface area contributed by atoms with Gasteiger partial charge in [-0.3, -0.25) is 4.79 Å². The summed E-state index contributed by atoms with van der Waals surface area (Å²) in [6.07, 6.45) is 10.2. The average Bonchev–Trinajstić information content (AvgIpc) is 2.71. The molecule has 4 nitrogen and oxygen atoms in total. The third-order valence-electron chi connectivity index (χ3n) is 13.2. The zero-order valence-corrected chi connectivity index (χ0v) is 22.7. The van der Waals surface area contributed by atoms with E-state index in [0.717, 1.165) is 32.1 Å². The number of hydrogen-bond acceptors (Lipinski definition) is 3. The van der Waals surface area contributed by atoms with Gasteiger partial charge >= 0.3 is 5.97 Å². The first-order valence-corrected chi connectivity index (χ1v) is 13.9. The molecule has 4 saturated carbocycles. The van der Waals surface area contributed by atoms with Crippen LogP contribution in [0.4, 0.5) is 0 Å². The van der Waals surface area contributed by atoms with Gasteiger partial charge in [0.25, 0.3) is 0 Å². The van der Waals surface area contributed by atoms with E-state index in [0.29, 0.717) is 24.7 Å². The molecule has 5 aliphatic carbocycles. The highest BCUT2D eigenvalue weighted by atomic mass is 16.4. The summed E-state index contributed by atoms with van der Waals surface area (Å²) in [6.45, 7) is 16.8. The van der Waals surface area contributed by atoms with E-state index in [-0.39, 0.29) is 39.0 Å². The van der Waals surface area contributed by atoms with Crippen LogP contribution >= 0.6 is 0 Å². The van der Waals surface area contributed by atoms with Crippen molar-refractivity contribution in [2.45, 2.75) is 118 Å². The van der Waals surface area contributed by atoms with Crippen molar-refractivity contribution < 1.29 is 15.0 Å². The first-order chi connectivity index (χ1) is 15.6. The van der Waals surface area contributed by atoms with Crippen molar-refractivity contribution in [2.24, 2.45) is 56.0 Å². The Labute approximate surface area is 207 Å². The van der Waals surface area contributed by atoms with Crippen LogP contribution in [0.2, 0.25) is 0 Å². The predicted molar refractivity (Wildman–Crippen MR) is 136 cm³/mol. The molecule has 0 saturated heterocycles. The van der Waals surface area contributed by atoms with E-state index in [4.69, 9.17) is 5.73 Å². The molecular formula is C30H49NO3. The maximum atomic E-state index is 12.8. The molecule has 0 spiro atoms. The Bertz CT molecular complexity index is 922. The summed E-state index contributed by atoms with van der Waals surface area (Å²) < 4.78 is 0. The number of fused-ring (bicyclic) bond motifs is 7. The van der Waals surface area contributed by atoms with Crippen molar-refractivity contribution in [3.8, 4) is 0 Å². The number of aliphatic hydroxyl groups is 1. The van der Waals surface area contributed by atoms with Gasteiger partial charge in [0.05, 0.1) is 6.10 Å². The summed E-state index contributed by atoms with van der Waals surface area (Å²) >= 11 is 0. The molecule has 0 amide bonds. The second-order valence-electron chi connectivity index (χ2n) is 15.2. The molecule has 0 aromatic rings. The fourth-order valence-electron chi connectivity index (χ4n) is 10.8. The molecule has 4 fully saturated rings. The van der Waals surface area contributed by atoms with Crippen molar-refractivity contribution in [2.75, 3.05) is 0 Å². The molecule has 192 valence electrons. The molecule has 0 heterocycles. The van der Waals surface area contributed by atoms with E-state index in [1.807, 2.05) is 0 Å². The van der Waals surface area contributed by atoms with E-state index in [1.165, 1.54) is 18.4 Å². The average molecular weight is 472 g/mol. The van der Waals surface area contributed by atoms with Gasteiger partial charge in [-0.05, 0) is 103 Å². The van der Waals surface area contributed by atoms with Crippen LogP contribution in [0.15, 0.2) is 11.6 Å². The van der Waals surface area contributed by atoms with Crippen molar-refractivity contribution in [1.82, 2.24) is 0 Å². The van der Waals surface area contributed by atoms with Crippen molar-refractivity contribution in [3.63, 3.8) is 0 Å². The normalized spacial score (nSPS) is 53.4. The number of allylic oxidation sites excluding steroid dienone is 2. The lowest BCUT2D eigenvalue weighted by Gasteiger charge is -2.71. The zero-order valence-electron chi connectivity index (χ0n) is 22.7. The van der Waals surface area contributed by atoms with Crippen LogP contribution in [0.5, 0.6) is 0 Å². The number of hydrogen-bond donors (Lipinski definition) is 3. The number of rotatable bonds is 1. The lowest BCUT2D eigenvalue weighted by atomic mass is 9.33. The molecule has 5 aliphatic rings. The quantitative estimate of drug-likeness (QED) is 0.399. The lowest BCUT2D eigenvalue weighted by Crippen LogP contribution is -2.67. The summed E-state index contributed by atoms with van der Waals surface area (Å²) in [4.78, 5) is 12.8. The highest BCUT2D eigenvalue weighted by Gasteiger charge is 2.71. The second kappa shape index (κ2) is 7.12. The van der Waals surface area contributed by atoms with Crippen molar-refractivity contribution >= 4 is 5.97 Å².